The summed E-state index contributed by atoms with van der Waals surface area (Å²) in [7, 11) is 1.36. The Kier molecular flexibility index (Phi) is 6.98. The molecule has 21 heavy (non-hydrogen) atoms. The molecule has 1 heterocycles. The van der Waals surface area contributed by atoms with E-state index in [2.05, 4.69) is 5.32 Å². The zero-order valence-electron chi connectivity index (χ0n) is 12.6. The van der Waals surface area contributed by atoms with Gasteiger partial charge in [0.05, 0.1) is 13.0 Å². The molecular formula is C14H24N2O5. The second-order valence-electron chi connectivity index (χ2n) is 5.45. The second kappa shape index (κ2) is 8.49. The number of likely N-dealkylation sites (tertiary alicyclic amines) is 1. The van der Waals surface area contributed by atoms with Gasteiger partial charge in [-0.1, -0.05) is 13.3 Å². The highest BCUT2D eigenvalue weighted by molar-refractivity contribution is 5.78. The lowest BCUT2D eigenvalue weighted by Gasteiger charge is -2.16. The molecule has 2 amide bonds. The number of rotatable bonds is 7. The van der Waals surface area contributed by atoms with Crippen molar-refractivity contribution in [1.29, 1.82) is 0 Å². The largest absolute Gasteiger partial charge is 0.481 e. The minimum atomic E-state index is -0.793. The first-order valence-corrected chi connectivity index (χ1v) is 7.28. The summed E-state index contributed by atoms with van der Waals surface area (Å²) in [5.74, 6) is -1.22. The number of hydrogen-bond acceptors (Lipinski definition) is 4. The molecule has 1 fully saturated rings. The zero-order valence-corrected chi connectivity index (χ0v) is 12.6. The molecule has 0 radical (unpaired) electrons. The van der Waals surface area contributed by atoms with Gasteiger partial charge < -0.3 is 20.1 Å². The molecule has 7 heteroatoms. The molecule has 0 spiro atoms. The van der Waals surface area contributed by atoms with Crippen molar-refractivity contribution in [2.24, 2.45) is 11.8 Å². The van der Waals surface area contributed by atoms with E-state index in [1.165, 1.54) is 7.11 Å². The zero-order chi connectivity index (χ0) is 15.8. The number of urea groups is 1. The van der Waals surface area contributed by atoms with Crippen LogP contribution >= 0.6 is 0 Å². The van der Waals surface area contributed by atoms with Gasteiger partial charge in [0.25, 0.3) is 0 Å². The summed E-state index contributed by atoms with van der Waals surface area (Å²) in [4.78, 5) is 35.5. The van der Waals surface area contributed by atoms with Crippen LogP contribution in [0.5, 0.6) is 0 Å². The van der Waals surface area contributed by atoms with Gasteiger partial charge in [-0.15, -0.1) is 0 Å². The molecule has 2 atom stereocenters. The van der Waals surface area contributed by atoms with Gasteiger partial charge in [-0.3, -0.25) is 9.59 Å². The molecule has 1 aliphatic rings. The predicted octanol–water partition coefficient (Wildman–Crippen LogP) is 1.08. The maximum atomic E-state index is 12.0. The SMILES string of the molecule is COC(=O)C1CN(C(=O)NCCCCCC(=O)O)CC1C. The van der Waals surface area contributed by atoms with Crippen molar-refractivity contribution < 1.29 is 24.2 Å². The van der Waals surface area contributed by atoms with Gasteiger partial charge in [0.1, 0.15) is 0 Å². The Labute approximate surface area is 124 Å². The number of methoxy groups -OCH3 is 1. The van der Waals surface area contributed by atoms with E-state index in [4.69, 9.17) is 9.84 Å². The minimum absolute atomic E-state index is 0.0961. The van der Waals surface area contributed by atoms with E-state index in [0.717, 1.165) is 12.8 Å². The maximum Gasteiger partial charge on any atom is 0.317 e. The molecular weight excluding hydrogens is 276 g/mol. The number of aliphatic carboxylic acids is 1. The summed E-state index contributed by atoms with van der Waals surface area (Å²) in [6, 6.07) is -0.175. The molecule has 0 bridgehead atoms. The van der Waals surface area contributed by atoms with E-state index in [9.17, 15) is 14.4 Å². The van der Waals surface area contributed by atoms with Crippen molar-refractivity contribution in [1.82, 2.24) is 10.2 Å². The first-order valence-electron chi connectivity index (χ1n) is 7.28. The van der Waals surface area contributed by atoms with Crippen LogP contribution in [0.2, 0.25) is 0 Å². The number of carbonyl (C=O) groups excluding carboxylic acids is 2. The maximum absolute atomic E-state index is 12.0. The van der Waals surface area contributed by atoms with Gasteiger partial charge >= 0.3 is 18.0 Å². The number of carbonyl (C=O) groups is 3. The van der Waals surface area contributed by atoms with Crippen molar-refractivity contribution in [3.63, 3.8) is 0 Å². The Morgan fingerprint density at radius 3 is 2.57 bits per heavy atom. The Morgan fingerprint density at radius 2 is 1.95 bits per heavy atom. The number of nitrogens with one attached hydrogen (secondary N) is 1. The van der Waals surface area contributed by atoms with Gasteiger partial charge in [0.2, 0.25) is 0 Å². The van der Waals surface area contributed by atoms with Crippen LogP contribution in [-0.4, -0.2) is 54.7 Å². The lowest BCUT2D eigenvalue weighted by Crippen LogP contribution is -2.39. The fourth-order valence-electron chi connectivity index (χ4n) is 2.48. The highest BCUT2D eigenvalue weighted by atomic mass is 16.5. The van der Waals surface area contributed by atoms with Crippen LogP contribution in [0.15, 0.2) is 0 Å². The number of ether oxygens (including phenoxy) is 1. The Balaban J connectivity index is 2.21. The number of amides is 2. The van der Waals surface area contributed by atoms with E-state index < -0.39 is 5.97 Å². The molecule has 0 aliphatic carbocycles. The lowest BCUT2D eigenvalue weighted by atomic mass is 9.99. The van der Waals surface area contributed by atoms with E-state index in [1.807, 2.05) is 6.92 Å². The fraction of sp³-hybridized carbons (Fsp3) is 0.786. The lowest BCUT2D eigenvalue weighted by molar-refractivity contribution is -0.146. The van der Waals surface area contributed by atoms with Gasteiger partial charge in [-0.05, 0) is 18.8 Å². The van der Waals surface area contributed by atoms with Crippen molar-refractivity contribution in [2.45, 2.75) is 32.6 Å². The summed E-state index contributed by atoms with van der Waals surface area (Å²) in [5.41, 5.74) is 0. The summed E-state index contributed by atoms with van der Waals surface area (Å²) in [6.07, 6.45) is 2.31. The molecule has 7 nitrogen and oxygen atoms in total. The average Bonchev–Trinajstić information content (AvgIpc) is 2.83. The highest BCUT2D eigenvalue weighted by Crippen LogP contribution is 2.23. The molecule has 1 aliphatic heterocycles. The summed E-state index contributed by atoms with van der Waals surface area (Å²) < 4.78 is 4.73. The Morgan fingerprint density at radius 1 is 1.24 bits per heavy atom. The quantitative estimate of drug-likeness (QED) is 0.542. The number of esters is 1. The molecule has 0 aromatic heterocycles. The van der Waals surface area contributed by atoms with Crippen molar-refractivity contribution in [2.75, 3.05) is 26.7 Å². The van der Waals surface area contributed by atoms with E-state index in [0.29, 0.717) is 26.1 Å². The normalized spacial score (nSPS) is 21.1. The van der Waals surface area contributed by atoms with Crippen LogP contribution in [0.1, 0.15) is 32.6 Å². The second-order valence-corrected chi connectivity index (χ2v) is 5.45. The molecule has 1 rings (SSSR count). The number of carboxylic acids is 1. The summed E-state index contributed by atoms with van der Waals surface area (Å²) in [6.45, 7) is 3.39. The highest BCUT2D eigenvalue weighted by Gasteiger charge is 2.37. The topological polar surface area (TPSA) is 95.9 Å². The minimum Gasteiger partial charge on any atom is -0.481 e. The summed E-state index contributed by atoms with van der Waals surface area (Å²) in [5, 5.41) is 11.3. The molecule has 2 unspecified atom stereocenters. The average molecular weight is 300 g/mol. The van der Waals surface area contributed by atoms with Crippen molar-refractivity contribution in [3.05, 3.63) is 0 Å². The first-order chi connectivity index (χ1) is 9.95. The molecule has 0 aromatic carbocycles. The van der Waals surface area contributed by atoms with Gasteiger partial charge in [0.15, 0.2) is 0 Å². The first kappa shape index (κ1) is 17.3. The number of nitrogens with zero attached hydrogens (tertiary/aromatic N) is 1. The van der Waals surface area contributed by atoms with Crippen LogP contribution in [0, 0.1) is 11.8 Å². The molecule has 1 saturated heterocycles. The van der Waals surface area contributed by atoms with E-state index in [1.54, 1.807) is 4.90 Å². The van der Waals surface area contributed by atoms with Gasteiger partial charge in [0, 0.05) is 26.1 Å². The molecule has 2 N–H and O–H groups in total. The van der Waals surface area contributed by atoms with Crippen LogP contribution in [0.25, 0.3) is 0 Å². The standard InChI is InChI=1S/C14H24N2O5/c1-10-8-16(9-11(10)13(19)21-2)14(20)15-7-5-3-4-6-12(17)18/h10-11H,3-9H2,1-2H3,(H,15,20)(H,17,18). The van der Waals surface area contributed by atoms with Crippen LogP contribution in [-0.2, 0) is 14.3 Å². The van der Waals surface area contributed by atoms with Crippen LogP contribution in [0.3, 0.4) is 0 Å². The van der Waals surface area contributed by atoms with E-state index in [-0.39, 0.29) is 30.3 Å². The monoisotopic (exact) mass is 300 g/mol. The number of hydrogen-bond donors (Lipinski definition) is 2. The van der Waals surface area contributed by atoms with Crippen LogP contribution < -0.4 is 5.32 Å². The van der Waals surface area contributed by atoms with Crippen LogP contribution in [0.4, 0.5) is 4.79 Å². The van der Waals surface area contributed by atoms with Gasteiger partial charge in [-0.25, -0.2) is 4.79 Å². The van der Waals surface area contributed by atoms with E-state index >= 15 is 0 Å². The molecule has 120 valence electrons. The number of carboxylic acid groups (broad SMARTS) is 1. The Bertz CT molecular complexity index is 386. The third-order valence-electron chi connectivity index (χ3n) is 3.75. The predicted molar refractivity (Wildman–Crippen MR) is 75.7 cm³/mol. The third-order valence-corrected chi connectivity index (χ3v) is 3.75. The fourth-order valence-corrected chi connectivity index (χ4v) is 2.48. The van der Waals surface area contributed by atoms with Crippen molar-refractivity contribution in [3.8, 4) is 0 Å². The molecule has 0 aromatic rings. The third kappa shape index (κ3) is 5.61. The summed E-state index contributed by atoms with van der Waals surface area (Å²) >= 11 is 0. The molecule has 0 saturated carbocycles. The smallest absolute Gasteiger partial charge is 0.317 e. The Hall–Kier alpha value is -1.79. The van der Waals surface area contributed by atoms with Crippen molar-refractivity contribution >= 4 is 18.0 Å². The van der Waals surface area contributed by atoms with Gasteiger partial charge in [-0.2, -0.15) is 0 Å². The number of unbranched alkanes of at least 4 members (excludes halogenated alkanes) is 2.